The second-order valence-electron chi connectivity index (χ2n) is 5.60. The molecule has 8 N–H and O–H groups in total. The summed E-state index contributed by atoms with van der Waals surface area (Å²) in [6.45, 7) is 0. The largest absolute Gasteiger partial charge is 0.366 e. The first-order chi connectivity index (χ1) is 12.6. The van der Waals surface area contributed by atoms with Crippen LogP contribution in [0.2, 0.25) is 0 Å². The van der Waals surface area contributed by atoms with Crippen molar-refractivity contribution in [3.63, 3.8) is 0 Å². The molecule has 0 saturated carbocycles. The van der Waals surface area contributed by atoms with Crippen LogP contribution in [0.4, 0.5) is 0 Å². The molecule has 0 radical (unpaired) electrons. The summed E-state index contributed by atoms with van der Waals surface area (Å²) in [4.78, 5) is 15.4. The molecule has 144 valence electrons. The third-order valence-electron chi connectivity index (χ3n) is 3.74. The molecule has 0 aromatic carbocycles. The predicted octanol–water partition coefficient (Wildman–Crippen LogP) is -3.59. The maximum atomic E-state index is 11.6. The number of aromatic nitrogens is 3. The first kappa shape index (κ1) is 19.4. The molecule has 13 heteroatoms. The summed E-state index contributed by atoms with van der Waals surface area (Å²) in [6, 6.07) is 1.72. The van der Waals surface area contributed by atoms with Gasteiger partial charge in [-0.3, -0.25) is 4.79 Å². The lowest BCUT2D eigenvalue weighted by Crippen LogP contribution is -2.60. The zero-order chi connectivity index (χ0) is 20.0. The molecule has 0 unspecified atom stereocenters. The number of hydrogen-bond donors (Lipinski definition) is 7. The Morgan fingerprint density at radius 1 is 1.30 bits per heavy atom. The smallest absolute Gasteiger partial charge is 0.286 e. The number of nitrogens with zero attached hydrogens (tertiary/aromatic N) is 3. The molecule has 0 aliphatic carbocycles. The van der Waals surface area contributed by atoms with Gasteiger partial charge in [0, 0.05) is 10.9 Å². The van der Waals surface area contributed by atoms with Gasteiger partial charge in [-0.05, 0) is 17.4 Å². The summed E-state index contributed by atoms with van der Waals surface area (Å²) in [5.74, 6) is -3.82. The summed E-state index contributed by atoms with van der Waals surface area (Å²) in [5.41, 5.74) is 5.83. The Balaban J connectivity index is 2.04. The van der Waals surface area contributed by atoms with Crippen LogP contribution in [0.25, 0.3) is 0 Å². The molecule has 1 aliphatic rings. The van der Waals surface area contributed by atoms with E-state index in [1.807, 2.05) is 0 Å². The molecule has 3 heterocycles. The van der Waals surface area contributed by atoms with Crippen molar-refractivity contribution < 1.29 is 40.2 Å². The van der Waals surface area contributed by atoms with Crippen LogP contribution in [0.15, 0.2) is 16.8 Å². The lowest BCUT2D eigenvalue weighted by molar-refractivity contribution is -0.363. The number of carbonyl (C=O) groups excluding carboxylic acids is 1. The molecule has 0 spiro atoms. The molecule has 3 rings (SSSR count). The highest BCUT2D eigenvalue weighted by molar-refractivity contribution is 7.08. The van der Waals surface area contributed by atoms with Crippen molar-refractivity contribution in [1.82, 2.24) is 14.8 Å². The maximum absolute atomic E-state index is 11.6. The summed E-state index contributed by atoms with van der Waals surface area (Å²) < 4.78 is 5.38. The second-order valence-corrected chi connectivity index (χ2v) is 6.38. The number of thiophene rings is 1. The number of amides is 1. The lowest BCUT2D eigenvalue weighted by Gasteiger charge is -2.31. The van der Waals surface area contributed by atoms with Gasteiger partial charge in [0.15, 0.2) is 12.4 Å². The molecular formula is C14H14N4O8S. The maximum Gasteiger partial charge on any atom is 0.286 e. The Kier molecular flexibility index (Phi) is 4.76. The molecule has 2 atom stereocenters. The number of ether oxygens (including phenoxy) is 1. The number of primary amides is 1. The van der Waals surface area contributed by atoms with Crippen LogP contribution in [0, 0.1) is 11.8 Å². The van der Waals surface area contributed by atoms with Crippen molar-refractivity contribution in [2.24, 2.45) is 5.73 Å². The Morgan fingerprint density at radius 2 is 2.00 bits per heavy atom. The van der Waals surface area contributed by atoms with Crippen LogP contribution in [-0.2, 0) is 4.74 Å². The Bertz CT molecular complexity index is 911. The minimum atomic E-state index is -3.52. The van der Waals surface area contributed by atoms with Crippen LogP contribution >= 0.6 is 11.3 Å². The minimum absolute atomic E-state index is 0.246. The minimum Gasteiger partial charge on any atom is -0.366 e. The first-order valence-corrected chi connectivity index (χ1v) is 8.21. The highest BCUT2D eigenvalue weighted by Gasteiger charge is 2.69. The van der Waals surface area contributed by atoms with E-state index in [0.717, 1.165) is 0 Å². The normalized spacial score (nSPS) is 23.2. The SMILES string of the molecule is NC(=O)c1nc(C#Cc2ccsc2)nn1[C@@H]1O[C@H](C(O)O)C(O)(O)C1(O)O. The average Bonchev–Trinajstić information content (AvgIpc) is 3.24. The predicted molar refractivity (Wildman–Crippen MR) is 85.3 cm³/mol. The van der Waals surface area contributed by atoms with Crippen molar-refractivity contribution in [3.05, 3.63) is 34.0 Å². The van der Waals surface area contributed by atoms with Crippen LogP contribution in [0.3, 0.4) is 0 Å². The van der Waals surface area contributed by atoms with E-state index in [4.69, 9.17) is 10.5 Å². The van der Waals surface area contributed by atoms with Crippen molar-refractivity contribution >= 4 is 17.2 Å². The zero-order valence-corrected chi connectivity index (χ0v) is 14.1. The van der Waals surface area contributed by atoms with Gasteiger partial charge in [0.2, 0.25) is 17.9 Å². The van der Waals surface area contributed by atoms with E-state index in [-0.39, 0.29) is 5.82 Å². The van der Waals surface area contributed by atoms with Crippen LogP contribution < -0.4 is 5.73 Å². The van der Waals surface area contributed by atoms with E-state index in [1.54, 1.807) is 16.8 Å². The molecule has 2 aromatic heterocycles. The van der Waals surface area contributed by atoms with Gasteiger partial charge in [-0.1, -0.05) is 5.92 Å². The second kappa shape index (κ2) is 6.64. The Hall–Kier alpha value is -2.41. The number of aliphatic hydroxyl groups excluding tert-OH is 1. The molecule has 0 bridgehead atoms. The fourth-order valence-corrected chi connectivity index (χ4v) is 2.99. The number of rotatable bonds is 3. The summed E-state index contributed by atoms with van der Waals surface area (Å²) in [6.07, 6.45) is -6.92. The van der Waals surface area contributed by atoms with Gasteiger partial charge in [-0.25, -0.2) is 4.68 Å². The van der Waals surface area contributed by atoms with Crippen molar-refractivity contribution in [1.29, 1.82) is 0 Å². The van der Waals surface area contributed by atoms with Crippen LogP contribution in [0.5, 0.6) is 0 Å². The van der Waals surface area contributed by atoms with E-state index in [2.05, 4.69) is 21.9 Å². The van der Waals surface area contributed by atoms with E-state index in [1.165, 1.54) is 11.3 Å². The van der Waals surface area contributed by atoms with Crippen LogP contribution in [0.1, 0.15) is 28.2 Å². The molecule has 12 nitrogen and oxygen atoms in total. The molecular weight excluding hydrogens is 384 g/mol. The summed E-state index contributed by atoms with van der Waals surface area (Å²) >= 11 is 1.40. The number of nitrogens with two attached hydrogens (primary N) is 1. The van der Waals surface area contributed by atoms with E-state index in [0.29, 0.717) is 10.2 Å². The van der Waals surface area contributed by atoms with Gasteiger partial charge in [-0.15, -0.1) is 5.10 Å². The van der Waals surface area contributed by atoms with Gasteiger partial charge in [-0.2, -0.15) is 16.3 Å². The van der Waals surface area contributed by atoms with Gasteiger partial charge in [0.25, 0.3) is 17.5 Å². The number of aliphatic hydroxyl groups is 6. The lowest BCUT2D eigenvalue weighted by atomic mass is 10.0. The van der Waals surface area contributed by atoms with E-state index >= 15 is 0 Å². The highest BCUT2D eigenvalue weighted by atomic mass is 32.1. The monoisotopic (exact) mass is 398 g/mol. The van der Waals surface area contributed by atoms with E-state index in [9.17, 15) is 35.4 Å². The summed E-state index contributed by atoms with van der Waals surface area (Å²) in [7, 11) is 0. The van der Waals surface area contributed by atoms with Crippen molar-refractivity contribution in [2.75, 3.05) is 0 Å². The summed E-state index contributed by atoms with van der Waals surface area (Å²) in [5, 5.41) is 65.5. The van der Waals surface area contributed by atoms with Crippen LogP contribution in [-0.4, -0.2) is 75.3 Å². The topological polar surface area (TPSA) is 204 Å². The van der Waals surface area contributed by atoms with Crippen molar-refractivity contribution in [2.45, 2.75) is 30.2 Å². The third-order valence-corrected chi connectivity index (χ3v) is 4.43. The molecule has 1 aliphatic heterocycles. The molecule has 2 aromatic rings. The standard InChI is InChI=1S/C14H14N4O8S/c15-9(19)10-16-7(2-1-6-3-4-27-5-6)17-18(10)12-14(24,25)13(22,23)8(26-12)11(20)21/h3-5,8,11-12,20-25H,(H2,15,19)/t8-,12-/m1/s1. The first-order valence-electron chi connectivity index (χ1n) is 7.27. The van der Waals surface area contributed by atoms with Gasteiger partial charge < -0.3 is 41.1 Å². The van der Waals surface area contributed by atoms with Gasteiger partial charge >= 0.3 is 0 Å². The molecule has 27 heavy (non-hydrogen) atoms. The fraction of sp³-hybridized carbons (Fsp3) is 0.357. The Labute approximate surface area is 154 Å². The quantitative estimate of drug-likeness (QED) is 0.200. The van der Waals surface area contributed by atoms with Crippen molar-refractivity contribution in [3.8, 4) is 11.8 Å². The van der Waals surface area contributed by atoms with Gasteiger partial charge in [0.05, 0.1) is 0 Å². The Morgan fingerprint density at radius 3 is 2.52 bits per heavy atom. The van der Waals surface area contributed by atoms with E-state index < -0.39 is 41.9 Å². The molecule has 1 amide bonds. The van der Waals surface area contributed by atoms with Gasteiger partial charge in [0.1, 0.15) is 0 Å². The molecule has 1 saturated heterocycles. The average molecular weight is 398 g/mol. The number of hydrogen-bond acceptors (Lipinski definition) is 11. The highest BCUT2D eigenvalue weighted by Crippen LogP contribution is 2.43. The third kappa shape index (κ3) is 3.20. The molecule has 1 fully saturated rings. The number of carbonyl (C=O) groups is 1. The fourth-order valence-electron chi connectivity index (χ4n) is 2.40. The zero-order valence-electron chi connectivity index (χ0n) is 13.3.